The van der Waals surface area contributed by atoms with E-state index in [4.69, 9.17) is 14.6 Å². The van der Waals surface area contributed by atoms with E-state index in [0.29, 0.717) is 29.0 Å². The first kappa shape index (κ1) is 62.5. The predicted molar refractivity (Wildman–Crippen MR) is 289 cm³/mol. The summed E-state index contributed by atoms with van der Waals surface area (Å²) < 4.78 is 38.3. The molecule has 0 unspecified atom stereocenters. The van der Waals surface area contributed by atoms with Crippen LogP contribution in [0.1, 0.15) is 70.8 Å². The lowest BCUT2D eigenvalue weighted by atomic mass is 10.00. The fraction of sp³-hybridized carbons (Fsp3) is 0.491. The first-order chi connectivity index (χ1) is 32.9. The molecule has 0 bridgehead atoms. The van der Waals surface area contributed by atoms with Crippen LogP contribution in [0.4, 0.5) is 0 Å². The van der Waals surface area contributed by atoms with Crippen molar-refractivity contribution in [2.24, 2.45) is 5.73 Å². The van der Waals surface area contributed by atoms with Crippen LogP contribution >= 0.6 is 24.8 Å². The molecule has 0 atom stereocenters. The summed E-state index contributed by atoms with van der Waals surface area (Å²) in [6.45, 7) is 10.5. The smallest absolute Gasteiger partial charge is 0.335 e. The molecule has 2 amide bonds. The van der Waals surface area contributed by atoms with Crippen molar-refractivity contribution in [1.82, 2.24) is 29.2 Å². The second-order valence-corrected chi connectivity index (χ2v) is 20.1. The fourth-order valence-electron chi connectivity index (χ4n) is 8.62. The number of ether oxygens (including phenoxy) is 2. The number of carbonyl (C=O) groups is 3. The predicted octanol–water partition coefficient (Wildman–Crippen LogP) is 5.55. The molecule has 0 fully saturated rings. The summed E-state index contributed by atoms with van der Waals surface area (Å²) in [6.07, 6.45) is 6.16. The summed E-state index contributed by atoms with van der Waals surface area (Å²) >= 11 is 0. The van der Waals surface area contributed by atoms with Crippen molar-refractivity contribution in [2.45, 2.75) is 63.8 Å². The van der Waals surface area contributed by atoms with Gasteiger partial charge in [-0.15, -0.1) is 24.8 Å². The van der Waals surface area contributed by atoms with Crippen LogP contribution in [0, 0.1) is 13.8 Å². The molecule has 71 heavy (non-hydrogen) atoms. The number of hydrogen-bond donors (Lipinski definition) is 3. The number of amides is 2. The molecule has 4 aromatic carbocycles. The van der Waals surface area contributed by atoms with E-state index in [9.17, 15) is 22.8 Å². The van der Waals surface area contributed by atoms with Gasteiger partial charge in [0.25, 0.3) is 5.91 Å². The van der Waals surface area contributed by atoms with Crippen molar-refractivity contribution in [2.75, 3.05) is 115 Å². The van der Waals surface area contributed by atoms with Crippen molar-refractivity contribution < 1.29 is 37.4 Å². The number of fused-ring (bicyclic) bond motifs is 3. The molecule has 0 saturated carbocycles. The molecule has 7 rings (SSSR count). The number of carboxylic acid groups (broad SMARTS) is 1. The van der Waals surface area contributed by atoms with Crippen molar-refractivity contribution in [1.29, 1.82) is 0 Å². The second-order valence-electron chi connectivity index (χ2n) is 18.1. The molecular formula is C53H79Cl2N7O8S. The number of carbonyl (C=O) groups excluding carboxylic acids is 2. The van der Waals surface area contributed by atoms with Gasteiger partial charge in [0.1, 0.15) is 12.4 Å². The van der Waals surface area contributed by atoms with Gasteiger partial charge in [-0.1, -0.05) is 30.3 Å². The number of benzene rings is 4. The maximum Gasteiger partial charge on any atom is 0.335 e. The van der Waals surface area contributed by atoms with Crippen molar-refractivity contribution in [3.8, 4) is 5.75 Å². The zero-order chi connectivity index (χ0) is 50.8. The first-order valence-corrected chi connectivity index (χ1v) is 25.2. The number of likely N-dealkylation sites (N-methyl/N-ethyl adjacent to an activating group) is 5. The van der Waals surface area contributed by atoms with Crippen LogP contribution in [-0.4, -0.2) is 171 Å². The third-order valence-corrected chi connectivity index (χ3v) is 15.1. The number of rotatable bonds is 12. The van der Waals surface area contributed by atoms with Crippen molar-refractivity contribution in [3.05, 3.63) is 128 Å². The van der Waals surface area contributed by atoms with E-state index in [1.54, 1.807) is 58.2 Å². The van der Waals surface area contributed by atoms with Crippen LogP contribution in [-0.2, 0) is 64.6 Å². The first-order valence-electron chi connectivity index (χ1n) is 23.8. The maximum atomic E-state index is 13.1. The minimum absolute atomic E-state index is 0. The van der Waals surface area contributed by atoms with Gasteiger partial charge in [-0.3, -0.25) is 9.59 Å². The zero-order valence-electron chi connectivity index (χ0n) is 43.5. The Kier molecular flexibility index (Phi) is 26.8. The Morgan fingerprint density at radius 2 is 1.10 bits per heavy atom. The van der Waals surface area contributed by atoms with Crippen molar-refractivity contribution >= 4 is 52.6 Å². The number of carboxylic acids is 1. The Hall–Kier alpha value is -4.62. The molecule has 15 nitrogen and oxygen atoms in total. The Morgan fingerprint density at radius 1 is 0.676 bits per heavy atom. The van der Waals surface area contributed by atoms with Gasteiger partial charge in [0.05, 0.1) is 24.2 Å². The van der Waals surface area contributed by atoms with E-state index in [-0.39, 0.29) is 61.3 Å². The number of halogens is 2. The Bertz CT molecular complexity index is 2450. The van der Waals surface area contributed by atoms with Gasteiger partial charge in [0.2, 0.25) is 15.9 Å². The van der Waals surface area contributed by atoms with E-state index in [2.05, 4.69) is 71.2 Å². The summed E-state index contributed by atoms with van der Waals surface area (Å²) in [4.78, 5) is 43.8. The standard InChI is InChI=1S/C27H39N3O5S.C13H18N2O.C12H15NO2.CH5N.2ClH/c1-20-15-25(34-6)16-21(2)27(20)36(32,33)30(5)13-14-35-19-26(31)29(4)18-22-7-8-23-9-11-28(3)12-10-24(23)17-22;1-14-13(16)12-4-3-10-5-7-15(2)8-6-11(10)9-12;1-13-6-4-9-2-3-11(12(14)15)8-10(9)5-7-13;1-2;;/h7-8,15-17H,9-14,18-19H2,1-6H3;3-4,9H,5-8H2,1-2H3,(H,14,16);2-3,8H,4-7H2,1H3,(H,14,15);2H2,1H3;2*1H. The Balaban J connectivity index is 0.000000407. The average molecular weight is 1050 g/mol. The molecule has 4 aromatic rings. The number of nitrogens with zero attached hydrogens (tertiary/aromatic N) is 5. The van der Waals surface area contributed by atoms with Gasteiger partial charge < -0.3 is 45.2 Å². The molecule has 18 heteroatoms. The minimum Gasteiger partial charge on any atom is -0.497 e. The van der Waals surface area contributed by atoms with E-state index in [1.165, 1.54) is 51.8 Å². The number of aryl methyl sites for hydroxylation is 2. The lowest BCUT2D eigenvalue weighted by Crippen LogP contribution is -2.33. The normalized spacial score (nSPS) is 14.6. The highest BCUT2D eigenvalue weighted by atomic mass is 35.5. The molecule has 3 aliphatic heterocycles. The summed E-state index contributed by atoms with van der Waals surface area (Å²) in [5, 5.41) is 11.6. The van der Waals surface area contributed by atoms with E-state index in [1.807, 2.05) is 24.3 Å². The molecule has 3 aliphatic rings. The minimum atomic E-state index is -3.70. The summed E-state index contributed by atoms with van der Waals surface area (Å²) in [7, 11) is 10.7. The van der Waals surface area contributed by atoms with Crippen LogP contribution in [0.2, 0.25) is 0 Å². The summed E-state index contributed by atoms with van der Waals surface area (Å²) in [5.74, 6) is -0.358. The van der Waals surface area contributed by atoms with Gasteiger partial charge in [-0.25, -0.2) is 13.2 Å². The van der Waals surface area contributed by atoms with Gasteiger partial charge in [0.15, 0.2) is 0 Å². The average Bonchev–Trinajstić information content (AvgIpc) is 3.74. The lowest BCUT2D eigenvalue weighted by Gasteiger charge is -2.21. The van der Waals surface area contributed by atoms with Gasteiger partial charge >= 0.3 is 5.97 Å². The van der Waals surface area contributed by atoms with Gasteiger partial charge in [0, 0.05) is 79.1 Å². The van der Waals surface area contributed by atoms with Crippen LogP contribution < -0.4 is 15.8 Å². The Labute approximate surface area is 435 Å². The molecule has 4 N–H and O–H groups in total. The number of nitrogens with two attached hydrogens (primary N) is 1. The third kappa shape index (κ3) is 18.4. The zero-order valence-corrected chi connectivity index (χ0v) is 46.0. The van der Waals surface area contributed by atoms with Crippen LogP contribution in [0.3, 0.4) is 0 Å². The van der Waals surface area contributed by atoms with E-state index < -0.39 is 16.0 Å². The summed E-state index contributed by atoms with van der Waals surface area (Å²) in [6, 6.07) is 21.4. The van der Waals surface area contributed by atoms with Crippen LogP contribution in [0.5, 0.6) is 5.75 Å². The van der Waals surface area contributed by atoms with E-state index >= 15 is 0 Å². The quantitative estimate of drug-likeness (QED) is 0.151. The molecule has 394 valence electrons. The Morgan fingerprint density at radius 3 is 1.55 bits per heavy atom. The molecule has 0 radical (unpaired) electrons. The monoisotopic (exact) mass is 1040 g/mol. The lowest BCUT2D eigenvalue weighted by molar-refractivity contribution is -0.135. The molecule has 3 heterocycles. The number of sulfonamides is 1. The number of methoxy groups -OCH3 is 1. The van der Waals surface area contributed by atoms with Gasteiger partial charge in [-0.05, 0) is 167 Å². The number of aromatic carboxylic acids is 1. The van der Waals surface area contributed by atoms with Crippen LogP contribution in [0.15, 0.2) is 71.6 Å². The largest absolute Gasteiger partial charge is 0.497 e. The number of hydrogen-bond acceptors (Lipinski definition) is 11. The molecule has 0 aromatic heterocycles. The van der Waals surface area contributed by atoms with Crippen molar-refractivity contribution in [3.63, 3.8) is 0 Å². The molecule has 0 saturated heterocycles. The topological polar surface area (TPSA) is 178 Å². The van der Waals surface area contributed by atoms with Gasteiger partial charge in [-0.2, -0.15) is 4.31 Å². The third-order valence-electron chi connectivity index (χ3n) is 13.0. The highest BCUT2D eigenvalue weighted by molar-refractivity contribution is 7.89. The molecule has 0 aliphatic carbocycles. The molecular weight excluding hydrogens is 966 g/mol. The fourth-order valence-corrected chi connectivity index (χ4v) is 10.2. The maximum absolute atomic E-state index is 13.1. The SMILES string of the molecule is CN.CN1CCc2ccc(C(=O)O)cc2CC1.CNC(=O)c1ccc2c(c1)CCN(C)CC2.COc1cc(C)c(S(=O)(=O)N(C)CCOCC(=O)N(C)Cc2ccc3c(c2)CCN(C)CC3)c(C)c1.Cl.Cl. The summed E-state index contributed by atoms with van der Waals surface area (Å²) in [5.41, 5.74) is 16.0. The number of nitrogens with one attached hydrogen (secondary N) is 1. The second kappa shape index (κ2) is 30.4. The molecule has 0 spiro atoms. The van der Waals surface area contributed by atoms with Crippen LogP contribution in [0.25, 0.3) is 0 Å². The highest BCUT2D eigenvalue weighted by Gasteiger charge is 2.26. The highest BCUT2D eigenvalue weighted by Crippen LogP contribution is 2.28. The van der Waals surface area contributed by atoms with E-state index in [0.717, 1.165) is 88.9 Å².